The number of benzene rings is 3. The fraction of sp³-hybridized carbons (Fsp3) is 0.138. The van der Waals surface area contributed by atoms with E-state index in [0.29, 0.717) is 22.7 Å². The predicted octanol–water partition coefficient (Wildman–Crippen LogP) is 7.31. The molecular weight excluding hydrogens is 477 g/mol. The molecule has 0 bridgehead atoms. The predicted molar refractivity (Wildman–Crippen MR) is 136 cm³/mol. The third kappa shape index (κ3) is 5.09. The zero-order chi connectivity index (χ0) is 26.2. The van der Waals surface area contributed by atoms with Gasteiger partial charge in [0.2, 0.25) is 0 Å². The molecule has 2 aromatic heterocycles. The summed E-state index contributed by atoms with van der Waals surface area (Å²) in [6.45, 7) is 3.92. The molecule has 0 atom stereocenters. The van der Waals surface area contributed by atoms with Crippen molar-refractivity contribution in [3.8, 4) is 45.5 Å². The molecule has 0 saturated carbocycles. The average molecular weight is 501 g/mol. The molecule has 2 heterocycles. The third-order valence-corrected chi connectivity index (χ3v) is 5.92. The van der Waals surface area contributed by atoms with Crippen LogP contribution in [-0.4, -0.2) is 26.9 Å². The molecule has 5 rings (SSSR count). The highest BCUT2D eigenvalue weighted by Crippen LogP contribution is 2.34. The van der Waals surface area contributed by atoms with Crippen LogP contribution in [0.2, 0.25) is 0 Å². The minimum absolute atomic E-state index is 0.128. The van der Waals surface area contributed by atoms with Crippen LogP contribution in [0.15, 0.2) is 84.9 Å². The second kappa shape index (κ2) is 9.54. The lowest BCUT2D eigenvalue weighted by atomic mass is 10.1. The van der Waals surface area contributed by atoms with Gasteiger partial charge in [0.05, 0.1) is 24.2 Å². The molecular formula is C29H23F3N4O. The highest BCUT2D eigenvalue weighted by Gasteiger charge is 2.34. The topological polar surface area (TPSA) is 52.8 Å². The van der Waals surface area contributed by atoms with Crippen LogP contribution in [0.3, 0.4) is 0 Å². The molecule has 0 N–H and O–H groups in total. The lowest BCUT2D eigenvalue weighted by Gasteiger charge is -2.13. The molecule has 8 heteroatoms. The van der Waals surface area contributed by atoms with E-state index in [1.165, 1.54) is 11.8 Å². The molecule has 37 heavy (non-hydrogen) atoms. The Morgan fingerprint density at radius 3 is 1.97 bits per heavy atom. The first-order valence-corrected chi connectivity index (χ1v) is 11.6. The molecule has 0 amide bonds. The summed E-state index contributed by atoms with van der Waals surface area (Å²) in [5, 5.41) is 4.69. The van der Waals surface area contributed by atoms with E-state index in [0.717, 1.165) is 28.3 Å². The van der Waals surface area contributed by atoms with E-state index in [4.69, 9.17) is 4.74 Å². The molecule has 0 spiro atoms. The minimum atomic E-state index is -4.67. The van der Waals surface area contributed by atoms with Gasteiger partial charge in [-0.15, -0.1) is 0 Å². The van der Waals surface area contributed by atoms with Gasteiger partial charge in [0.1, 0.15) is 5.75 Å². The van der Waals surface area contributed by atoms with Crippen LogP contribution in [0.5, 0.6) is 5.75 Å². The number of aryl methyl sites for hydroxylation is 2. The summed E-state index contributed by atoms with van der Waals surface area (Å²) in [7, 11) is 1.52. The van der Waals surface area contributed by atoms with E-state index < -0.39 is 11.9 Å². The number of aromatic nitrogens is 4. The smallest absolute Gasteiger partial charge is 0.433 e. The van der Waals surface area contributed by atoms with Crippen molar-refractivity contribution in [2.24, 2.45) is 0 Å². The second-order valence-electron chi connectivity index (χ2n) is 8.73. The number of methoxy groups -OCH3 is 1. The summed E-state index contributed by atoms with van der Waals surface area (Å²) in [6.07, 6.45) is -4.67. The van der Waals surface area contributed by atoms with E-state index in [2.05, 4.69) is 15.1 Å². The van der Waals surface area contributed by atoms with Gasteiger partial charge < -0.3 is 4.74 Å². The van der Waals surface area contributed by atoms with Gasteiger partial charge in [-0.25, -0.2) is 9.97 Å². The SMILES string of the molecule is COc1ccc(-c2cc(C(F)(F)F)nc(-n3nc(-c4cccc(C)c4)cc3-c3cccc(C)c3)n2)cc1. The van der Waals surface area contributed by atoms with Gasteiger partial charge in [0.25, 0.3) is 5.95 Å². The standard InChI is InChI=1S/C29H23F3N4O/c1-18-6-4-8-21(14-18)25-16-26(22-9-5-7-19(2)15-22)36(35-25)28-33-24(17-27(34-28)29(30,31)32)20-10-12-23(37-3)13-11-20/h4-17H,1-3H3. The van der Waals surface area contributed by atoms with Crippen molar-refractivity contribution in [1.82, 2.24) is 19.7 Å². The van der Waals surface area contributed by atoms with E-state index in [1.54, 1.807) is 24.3 Å². The normalized spacial score (nSPS) is 11.5. The summed E-state index contributed by atoms with van der Waals surface area (Å²) >= 11 is 0. The Morgan fingerprint density at radius 1 is 0.703 bits per heavy atom. The van der Waals surface area contributed by atoms with Crippen LogP contribution >= 0.6 is 0 Å². The molecule has 0 aliphatic rings. The quantitative estimate of drug-likeness (QED) is 0.254. The molecule has 5 aromatic rings. The van der Waals surface area contributed by atoms with Crippen LogP contribution in [0.4, 0.5) is 13.2 Å². The van der Waals surface area contributed by atoms with Crippen LogP contribution in [0.25, 0.3) is 39.7 Å². The summed E-state index contributed by atoms with van der Waals surface area (Å²) in [6, 6.07) is 24.9. The lowest BCUT2D eigenvalue weighted by Crippen LogP contribution is -2.14. The van der Waals surface area contributed by atoms with Crippen LogP contribution < -0.4 is 4.74 Å². The number of ether oxygens (including phenoxy) is 1. The van der Waals surface area contributed by atoms with Crippen molar-refractivity contribution < 1.29 is 17.9 Å². The van der Waals surface area contributed by atoms with Crippen LogP contribution in [0, 0.1) is 13.8 Å². The van der Waals surface area contributed by atoms with Crippen LogP contribution in [-0.2, 0) is 6.18 Å². The Hall–Kier alpha value is -4.46. The number of hydrogen-bond donors (Lipinski definition) is 0. The fourth-order valence-corrected chi connectivity index (χ4v) is 4.07. The van der Waals surface area contributed by atoms with Gasteiger partial charge in [-0.05, 0) is 62.4 Å². The molecule has 0 unspecified atom stereocenters. The third-order valence-electron chi connectivity index (χ3n) is 5.92. The number of halogens is 3. The van der Waals surface area contributed by atoms with Gasteiger partial charge in [-0.2, -0.15) is 23.0 Å². The Kier molecular flexibility index (Phi) is 6.25. The van der Waals surface area contributed by atoms with E-state index in [9.17, 15) is 13.2 Å². The fourth-order valence-electron chi connectivity index (χ4n) is 4.07. The van der Waals surface area contributed by atoms with Gasteiger partial charge >= 0.3 is 6.18 Å². The monoisotopic (exact) mass is 500 g/mol. The maximum absolute atomic E-state index is 13.9. The molecule has 5 nitrogen and oxygen atoms in total. The molecule has 0 fully saturated rings. The second-order valence-corrected chi connectivity index (χ2v) is 8.73. The first kappa shape index (κ1) is 24.2. The van der Waals surface area contributed by atoms with Crippen molar-refractivity contribution in [2.45, 2.75) is 20.0 Å². The molecule has 0 saturated heterocycles. The average Bonchev–Trinajstić information content (AvgIpc) is 3.34. The van der Waals surface area contributed by atoms with Crippen molar-refractivity contribution in [3.63, 3.8) is 0 Å². The number of hydrogen-bond acceptors (Lipinski definition) is 4. The Bertz CT molecular complexity index is 1570. The summed E-state index contributed by atoms with van der Waals surface area (Å²) in [5.74, 6) is 0.418. The summed E-state index contributed by atoms with van der Waals surface area (Å²) < 4.78 is 48.4. The maximum Gasteiger partial charge on any atom is 0.433 e. The Morgan fingerprint density at radius 2 is 1.35 bits per heavy atom. The van der Waals surface area contributed by atoms with Gasteiger partial charge in [0, 0.05) is 16.7 Å². The van der Waals surface area contributed by atoms with Crippen molar-refractivity contribution in [1.29, 1.82) is 0 Å². The Balaban J connectivity index is 1.74. The summed E-state index contributed by atoms with van der Waals surface area (Å²) in [5.41, 5.74) is 4.44. The van der Waals surface area contributed by atoms with Gasteiger partial charge in [0.15, 0.2) is 5.69 Å². The van der Waals surface area contributed by atoms with Gasteiger partial charge in [-0.3, -0.25) is 0 Å². The highest BCUT2D eigenvalue weighted by molar-refractivity contribution is 5.71. The van der Waals surface area contributed by atoms with Gasteiger partial charge in [-0.1, -0.05) is 47.5 Å². The van der Waals surface area contributed by atoms with Crippen molar-refractivity contribution in [3.05, 3.63) is 102 Å². The van der Waals surface area contributed by atoms with Crippen molar-refractivity contribution in [2.75, 3.05) is 7.11 Å². The maximum atomic E-state index is 13.9. The van der Waals surface area contributed by atoms with Crippen molar-refractivity contribution >= 4 is 0 Å². The number of rotatable bonds is 5. The zero-order valence-electron chi connectivity index (χ0n) is 20.4. The van der Waals surface area contributed by atoms with E-state index in [1.807, 2.05) is 68.4 Å². The first-order valence-electron chi connectivity index (χ1n) is 11.6. The minimum Gasteiger partial charge on any atom is -0.497 e. The Labute approximate surface area is 212 Å². The molecule has 0 radical (unpaired) electrons. The first-order chi connectivity index (χ1) is 17.7. The largest absolute Gasteiger partial charge is 0.497 e. The number of nitrogens with zero attached hydrogens (tertiary/aromatic N) is 4. The zero-order valence-corrected chi connectivity index (χ0v) is 20.4. The van der Waals surface area contributed by atoms with Crippen LogP contribution in [0.1, 0.15) is 16.8 Å². The molecule has 0 aliphatic heterocycles. The van der Waals surface area contributed by atoms with E-state index >= 15 is 0 Å². The molecule has 186 valence electrons. The molecule has 0 aliphatic carbocycles. The lowest BCUT2D eigenvalue weighted by molar-refractivity contribution is -0.141. The summed E-state index contributed by atoms with van der Waals surface area (Å²) in [4.78, 5) is 8.43. The van der Waals surface area contributed by atoms with E-state index in [-0.39, 0.29) is 11.6 Å². The number of alkyl halides is 3. The molecule has 3 aromatic carbocycles. The highest BCUT2D eigenvalue weighted by atomic mass is 19.4.